The summed E-state index contributed by atoms with van der Waals surface area (Å²) in [5.41, 5.74) is 4.97. The first-order valence-corrected chi connectivity index (χ1v) is 13.1. The minimum Gasteiger partial charge on any atom is -0.386 e. The number of nitrogens with one attached hydrogen (secondary N) is 2. The average Bonchev–Trinajstić information content (AvgIpc) is 3.55. The maximum atomic E-state index is 13.2. The van der Waals surface area contributed by atoms with Crippen LogP contribution in [0.5, 0.6) is 0 Å². The van der Waals surface area contributed by atoms with E-state index >= 15 is 0 Å². The van der Waals surface area contributed by atoms with Crippen LogP contribution < -0.4 is 15.6 Å². The Bertz CT molecular complexity index is 1810. The Balaban J connectivity index is 1.66. The van der Waals surface area contributed by atoms with E-state index in [0.29, 0.717) is 27.7 Å². The molecule has 0 spiro atoms. The molecule has 1 aliphatic heterocycles. The fourth-order valence-electron chi connectivity index (χ4n) is 5.73. The van der Waals surface area contributed by atoms with Crippen molar-refractivity contribution in [2.24, 2.45) is 7.05 Å². The summed E-state index contributed by atoms with van der Waals surface area (Å²) in [5.74, 6) is 0. The first kappa shape index (κ1) is 25.6. The molecular formula is C28H30ClN7O3. The number of likely N-dealkylation sites (N-methyl/N-ethyl adjacent to an activating group) is 1. The van der Waals surface area contributed by atoms with Gasteiger partial charge in [0.2, 0.25) is 0 Å². The highest BCUT2D eigenvalue weighted by molar-refractivity contribution is 6.33. The number of rotatable bonds is 5. The third-order valence-electron chi connectivity index (χ3n) is 7.78. The van der Waals surface area contributed by atoms with Crippen molar-refractivity contribution in [1.29, 1.82) is 0 Å². The van der Waals surface area contributed by atoms with Crippen molar-refractivity contribution in [3.63, 3.8) is 0 Å². The number of aromatic nitrogens is 4. The van der Waals surface area contributed by atoms with Crippen LogP contribution in [0.25, 0.3) is 44.1 Å². The van der Waals surface area contributed by atoms with Crippen LogP contribution in [0.15, 0.2) is 41.6 Å². The maximum Gasteiger partial charge on any atom is 0.199 e. The van der Waals surface area contributed by atoms with Gasteiger partial charge in [-0.2, -0.15) is 0 Å². The van der Waals surface area contributed by atoms with Gasteiger partial charge in [-0.25, -0.2) is 9.97 Å². The van der Waals surface area contributed by atoms with Gasteiger partial charge in [0.05, 0.1) is 33.2 Å². The lowest BCUT2D eigenvalue weighted by atomic mass is 10.0. The van der Waals surface area contributed by atoms with Gasteiger partial charge in [-0.05, 0) is 38.7 Å². The molecule has 4 aromatic heterocycles. The standard InChI is InChI=1S/C28H30ClN7O3/c1-30-21-9-15(29)8-17-22-24(36-6-5-16(12-36)34(2)3)19(11-31-26(22)33-23(17)21)14-7-18-25(37)20(28(38)39)13-35(4)27(18)32-10-14/h7-11,13,16,28,30,38-39H,5-6,12H2,1-4H3,(H,31,33). The van der Waals surface area contributed by atoms with Crippen LogP contribution in [0.3, 0.4) is 0 Å². The molecule has 11 heteroatoms. The van der Waals surface area contributed by atoms with Gasteiger partial charge >= 0.3 is 0 Å². The lowest BCUT2D eigenvalue weighted by molar-refractivity contribution is -0.0435. The highest BCUT2D eigenvalue weighted by Crippen LogP contribution is 2.43. The van der Waals surface area contributed by atoms with Crippen LogP contribution >= 0.6 is 11.6 Å². The Kier molecular flexibility index (Phi) is 6.22. The molecule has 1 aliphatic rings. The van der Waals surface area contributed by atoms with Gasteiger partial charge in [-0.1, -0.05) is 11.6 Å². The van der Waals surface area contributed by atoms with E-state index in [2.05, 4.69) is 39.2 Å². The maximum absolute atomic E-state index is 13.2. The molecule has 0 bridgehead atoms. The Hall–Kier alpha value is -3.70. The molecule has 5 heterocycles. The molecule has 202 valence electrons. The number of aromatic amines is 1. The molecule has 1 aromatic carbocycles. The second kappa shape index (κ2) is 9.49. The van der Waals surface area contributed by atoms with Gasteiger partial charge in [0.1, 0.15) is 11.3 Å². The predicted octanol–water partition coefficient (Wildman–Crippen LogP) is 3.45. The summed E-state index contributed by atoms with van der Waals surface area (Å²) < 4.78 is 1.63. The van der Waals surface area contributed by atoms with Crippen LogP contribution in [0.2, 0.25) is 5.02 Å². The van der Waals surface area contributed by atoms with Crippen molar-refractivity contribution in [3.05, 3.63) is 57.6 Å². The fraction of sp³-hybridized carbons (Fsp3) is 0.321. The van der Waals surface area contributed by atoms with E-state index in [1.54, 1.807) is 23.9 Å². The molecule has 0 aliphatic carbocycles. The zero-order valence-corrected chi connectivity index (χ0v) is 22.9. The molecule has 6 rings (SSSR count). The van der Waals surface area contributed by atoms with Crippen LogP contribution in [-0.4, -0.2) is 74.9 Å². The van der Waals surface area contributed by atoms with Gasteiger partial charge < -0.3 is 34.9 Å². The molecule has 5 aromatic rings. The smallest absolute Gasteiger partial charge is 0.199 e. The van der Waals surface area contributed by atoms with Gasteiger partial charge in [0.15, 0.2) is 11.7 Å². The van der Waals surface area contributed by atoms with Crippen molar-refractivity contribution in [1.82, 2.24) is 24.4 Å². The molecule has 0 saturated carbocycles. The van der Waals surface area contributed by atoms with Crippen molar-refractivity contribution in [2.45, 2.75) is 18.8 Å². The molecule has 1 saturated heterocycles. The zero-order valence-electron chi connectivity index (χ0n) is 22.2. The lowest BCUT2D eigenvalue weighted by Crippen LogP contribution is -2.31. The molecule has 10 nitrogen and oxygen atoms in total. The number of H-pyrrole nitrogens is 1. The Morgan fingerprint density at radius 3 is 2.67 bits per heavy atom. The number of fused-ring (bicyclic) bond motifs is 4. The summed E-state index contributed by atoms with van der Waals surface area (Å²) in [7, 11) is 7.77. The normalized spacial score (nSPS) is 16.0. The molecule has 39 heavy (non-hydrogen) atoms. The number of hydrogen-bond donors (Lipinski definition) is 4. The first-order chi connectivity index (χ1) is 18.7. The molecule has 1 unspecified atom stereocenters. The number of aryl methyl sites for hydroxylation is 1. The summed E-state index contributed by atoms with van der Waals surface area (Å²) in [6, 6.07) is 5.99. The largest absolute Gasteiger partial charge is 0.386 e. The number of hydrogen-bond acceptors (Lipinski definition) is 8. The van der Waals surface area contributed by atoms with Crippen LogP contribution in [-0.2, 0) is 7.05 Å². The summed E-state index contributed by atoms with van der Waals surface area (Å²) in [4.78, 5) is 30.7. The van der Waals surface area contributed by atoms with Crippen molar-refractivity contribution in [3.8, 4) is 11.1 Å². The van der Waals surface area contributed by atoms with Crippen molar-refractivity contribution < 1.29 is 10.2 Å². The van der Waals surface area contributed by atoms with Gasteiger partial charge in [0.25, 0.3) is 0 Å². The monoisotopic (exact) mass is 547 g/mol. The second-order valence-corrected chi connectivity index (χ2v) is 10.8. The van der Waals surface area contributed by atoms with E-state index in [-0.39, 0.29) is 5.56 Å². The lowest BCUT2D eigenvalue weighted by Gasteiger charge is -2.25. The van der Waals surface area contributed by atoms with Gasteiger partial charge in [-0.3, -0.25) is 4.79 Å². The number of benzene rings is 1. The quantitative estimate of drug-likeness (QED) is 0.247. The average molecular weight is 548 g/mol. The number of aliphatic hydroxyl groups excluding tert-OH is 1. The molecule has 4 N–H and O–H groups in total. The SMILES string of the molecule is CNc1cc(Cl)cc2c1[nH]c1ncc(-c3cnc4c(c3)c(=O)c(C(O)O)cn4C)c(N3CCC(N(C)C)C3)c12. The third-order valence-corrected chi connectivity index (χ3v) is 7.99. The van der Waals surface area contributed by atoms with Crippen LogP contribution in [0.1, 0.15) is 18.3 Å². The first-order valence-electron chi connectivity index (χ1n) is 12.8. The zero-order chi connectivity index (χ0) is 27.6. The molecule has 0 radical (unpaired) electrons. The number of nitrogens with zero attached hydrogens (tertiary/aromatic N) is 5. The third kappa shape index (κ3) is 4.11. The van der Waals surface area contributed by atoms with E-state index in [0.717, 1.165) is 58.4 Å². The van der Waals surface area contributed by atoms with Crippen molar-refractivity contribution in [2.75, 3.05) is 44.4 Å². The molecular weight excluding hydrogens is 518 g/mol. The predicted molar refractivity (Wildman–Crippen MR) is 156 cm³/mol. The minimum absolute atomic E-state index is 0.100. The van der Waals surface area contributed by atoms with Gasteiger partial charge in [-0.15, -0.1) is 0 Å². The number of halogens is 1. The molecule has 0 amide bonds. The van der Waals surface area contributed by atoms with Crippen LogP contribution in [0, 0.1) is 0 Å². The fourth-order valence-corrected chi connectivity index (χ4v) is 5.95. The minimum atomic E-state index is -1.88. The van der Waals surface area contributed by atoms with Crippen LogP contribution in [0.4, 0.5) is 11.4 Å². The second-order valence-electron chi connectivity index (χ2n) is 10.3. The van der Waals surface area contributed by atoms with E-state index in [1.165, 1.54) is 6.20 Å². The molecule has 1 fully saturated rings. The summed E-state index contributed by atoms with van der Waals surface area (Å²) >= 11 is 6.55. The number of anilines is 2. The van der Waals surface area contributed by atoms with E-state index < -0.39 is 11.7 Å². The summed E-state index contributed by atoms with van der Waals surface area (Å²) in [5, 5.41) is 25.6. The van der Waals surface area contributed by atoms with E-state index in [4.69, 9.17) is 16.6 Å². The summed E-state index contributed by atoms with van der Waals surface area (Å²) in [6.07, 6.45) is 4.09. The van der Waals surface area contributed by atoms with Gasteiger partial charge in [0, 0.05) is 73.4 Å². The Morgan fingerprint density at radius 2 is 1.97 bits per heavy atom. The van der Waals surface area contributed by atoms with E-state index in [9.17, 15) is 15.0 Å². The highest BCUT2D eigenvalue weighted by atomic mass is 35.5. The highest BCUT2D eigenvalue weighted by Gasteiger charge is 2.29. The number of pyridine rings is 3. The Labute approximate surface area is 229 Å². The van der Waals surface area contributed by atoms with Crippen molar-refractivity contribution >= 4 is 55.9 Å². The Morgan fingerprint density at radius 1 is 1.18 bits per heavy atom. The summed E-state index contributed by atoms with van der Waals surface area (Å²) in [6.45, 7) is 1.68. The van der Waals surface area contributed by atoms with E-state index in [1.807, 2.05) is 25.4 Å². The topological polar surface area (TPSA) is 123 Å². The number of aliphatic hydroxyl groups is 2. The molecule has 1 atom stereocenters.